The summed E-state index contributed by atoms with van der Waals surface area (Å²) >= 11 is 3.14. The van der Waals surface area contributed by atoms with E-state index < -0.39 is 11.4 Å². The largest absolute Gasteiger partial charge is 0.310 e. The molecule has 0 atom stereocenters. The van der Waals surface area contributed by atoms with Crippen LogP contribution in [0.5, 0.6) is 0 Å². The molecule has 14 heavy (non-hydrogen) atoms. The number of aryl methyl sites for hydroxylation is 1. The van der Waals surface area contributed by atoms with Crippen LogP contribution >= 0.6 is 15.9 Å². The summed E-state index contributed by atoms with van der Waals surface area (Å²) in [7, 11) is 0. The smallest absolute Gasteiger partial charge is 0.261 e. The average molecular weight is 257 g/mol. The number of H-pyrrole nitrogens is 1. The van der Waals surface area contributed by atoms with E-state index in [1.807, 2.05) is 0 Å². The van der Waals surface area contributed by atoms with Crippen molar-refractivity contribution in [2.75, 3.05) is 0 Å². The molecule has 0 unspecified atom stereocenters. The Morgan fingerprint density at radius 3 is 2.93 bits per heavy atom. The van der Waals surface area contributed by atoms with E-state index in [0.29, 0.717) is 15.8 Å². The third-order valence-corrected chi connectivity index (χ3v) is 2.30. The number of hydrogen-bond donors (Lipinski definition) is 1. The van der Waals surface area contributed by atoms with Gasteiger partial charge in [-0.05, 0) is 19.1 Å². The number of nitrogens with one attached hydrogen (secondary N) is 1. The predicted octanol–water partition coefficient (Wildman–Crippen LogP) is 2.13. The molecule has 0 amide bonds. The number of aromatic nitrogens is 2. The van der Waals surface area contributed by atoms with Gasteiger partial charge in [-0.1, -0.05) is 15.9 Å². The normalized spacial score (nSPS) is 10.8. The summed E-state index contributed by atoms with van der Waals surface area (Å²) in [6.07, 6.45) is 0. The molecule has 1 aromatic heterocycles. The van der Waals surface area contributed by atoms with Crippen LogP contribution in [0.2, 0.25) is 0 Å². The standard InChI is InChI=1S/C9H6BrFN2O/c1-4-12-7-3-5(10)2-6(11)8(7)9(14)13-4/h2-3H,1H3,(H,12,13,14). The lowest BCUT2D eigenvalue weighted by Crippen LogP contribution is -2.11. The number of nitrogens with zero attached hydrogens (tertiary/aromatic N) is 1. The van der Waals surface area contributed by atoms with Crippen LogP contribution < -0.4 is 5.56 Å². The molecule has 0 radical (unpaired) electrons. The fourth-order valence-electron chi connectivity index (χ4n) is 1.31. The lowest BCUT2D eigenvalue weighted by Gasteiger charge is -2.00. The Bertz CT molecular complexity index is 559. The van der Waals surface area contributed by atoms with Crippen LogP contribution in [0.4, 0.5) is 4.39 Å². The van der Waals surface area contributed by atoms with E-state index in [2.05, 4.69) is 25.9 Å². The van der Waals surface area contributed by atoms with Gasteiger partial charge in [0.15, 0.2) is 0 Å². The second-order valence-corrected chi connectivity index (χ2v) is 3.85. The van der Waals surface area contributed by atoms with Gasteiger partial charge in [-0.3, -0.25) is 4.79 Å². The van der Waals surface area contributed by atoms with Crippen molar-refractivity contribution in [2.45, 2.75) is 6.92 Å². The molecule has 0 fully saturated rings. The van der Waals surface area contributed by atoms with Crippen molar-refractivity contribution in [3.63, 3.8) is 0 Å². The van der Waals surface area contributed by atoms with Crippen LogP contribution in [0.1, 0.15) is 5.82 Å². The van der Waals surface area contributed by atoms with Crippen molar-refractivity contribution in [1.82, 2.24) is 9.97 Å². The van der Waals surface area contributed by atoms with E-state index in [9.17, 15) is 9.18 Å². The molecule has 0 saturated carbocycles. The van der Waals surface area contributed by atoms with Crippen LogP contribution in [0, 0.1) is 12.7 Å². The topological polar surface area (TPSA) is 45.8 Å². The second kappa shape index (κ2) is 3.16. The fourth-order valence-corrected chi connectivity index (χ4v) is 1.73. The van der Waals surface area contributed by atoms with E-state index in [1.165, 1.54) is 6.07 Å². The SMILES string of the molecule is Cc1nc2cc(Br)cc(F)c2c(=O)[nH]1. The third kappa shape index (κ3) is 1.43. The predicted molar refractivity (Wildman–Crippen MR) is 54.8 cm³/mol. The fraction of sp³-hybridized carbons (Fsp3) is 0.111. The van der Waals surface area contributed by atoms with E-state index >= 15 is 0 Å². The van der Waals surface area contributed by atoms with Crippen molar-refractivity contribution in [3.8, 4) is 0 Å². The zero-order chi connectivity index (χ0) is 10.3. The van der Waals surface area contributed by atoms with Crippen LogP contribution in [0.3, 0.4) is 0 Å². The molecule has 2 rings (SSSR count). The van der Waals surface area contributed by atoms with E-state index in [4.69, 9.17) is 0 Å². The van der Waals surface area contributed by atoms with Gasteiger partial charge in [-0.2, -0.15) is 0 Å². The third-order valence-electron chi connectivity index (χ3n) is 1.84. The number of aromatic amines is 1. The molecule has 1 aromatic carbocycles. The molecule has 72 valence electrons. The van der Waals surface area contributed by atoms with Crippen molar-refractivity contribution in [2.24, 2.45) is 0 Å². The number of hydrogen-bond acceptors (Lipinski definition) is 2. The summed E-state index contributed by atoms with van der Waals surface area (Å²) in [5.41, 5.74) is -0.0874. The van der Waals surface area contributed by atoms with E-state index in [-0.39, 0.29) is 5.39 Å². The maximum atomic E-state index is 13.3. The highest BCUT2D eigenvalue weighted by atomic mass is 79.9. The van der Waals surface area contributed by atoms with Crippen LogP contribution in [0.25, 0.3) is 10.9 Å². The molecule has 0 aliphatic carbocycles. The van der Waals surface area contributed by atoms with Crippen LogP contribution in [-0.2, 0) is 0 Å². The molecule has 3 nitrogen and oxygen atoms in total. The lowest BCUT2D eigenvalue weighted by molar-refractivity contribution is 0.637. The number of rotatable bonds is 0. The Kier molecular flexibility index (Phi) is 2.11. The number of benzene rings is 1. The molecule has 0 bridgehead atoms. The van der Waals surface area contributed by atoms with Crippen molar-refractivity contribution < 1.29 is 4.39 Å². The Balaban J connectivity index is 3.02. The maximum Gasteiger partial charge on any atom is 0.261 e. The molecule has 1 heterocycles. The van der Waals surface area contributed by atoms with Gasteiger partial charge in [-0.25, -0.2) is 9.37 Å². The molecule has 0 aliphatic heterocycles. The van der Waals surface area contributed by atoms with Gasteiger partial charge in [0, 0.05) is 4.47 Å². The van der Waals surface area contributed by atoms with Gasteiger partial charge in [0.1, 0.15) is 17.0 Å². The molecule has 5 heteroatoms. The van der Waals surface area contributed by atoms with Gasteiger partial charge in [0.25, 0.3) is 5.56 Å². The Hall–Kier alpha value is -1.23. The zero-order valence-corrected chi connectivity index (χ0v) is 8.85. The first-order chi connectivity index (χ1) is 6.58. The quantitative estimate of drug-likeness (QED) is 0.785. The number of fused-ring (bicyclic) bond motifs is 1. The van der Waals surface area contributed by atoms with E-state index in [0.717, 1.165) is 0 Å². The first-order valence-electron chi connectivity index (χ1n) is 3.93. The molecule has 0 saturated heterocycles. The highest BCUT2D eigenvalue weighted by Crippen LogP contribution is 2.18. The summed E-state index contributed by atoms with van der Waals surface area (Å²) in [6, 6.07) is 2.86. The Morgan fingerprint density at radius 1 is 1.50 bits per heavy atom. The monoisotopic (exact) mass is 256 g/mol. The molecule has 0 spiro atoms. The first kappa shape index (κ1) is 9.33. The number of halogens is 2. The maximum absolute atomic E-state index is 13.3. The minimum absolute atomic E-state index is 0.00111. The summed E-state index contributed by atoms with van der Waals surface area (Å²) in [4.78, 5) is 17.9. The lowest BCUT2D eigenvalue weighted by atomic mass is 10.2. The second-order valence-electron chi connectivity index (χ2n) is 2.93. The van der Waals surface area contributed by atoms with Crippen molar-refractivity contribution in [3.05, 3.63) is 38.6 Å². The molecule has 1 N–H and O–H groups in total. The molecule has 2 aromatic rings. The summed E-state index contributed by atoms with van der Waals surface area (Å²) < 4.78 is 13.9. The van der Waals surface area contributed by atoms with E-state index in [1.54, 1.807) is 13.0 Å². The van der Waals surface area contributed by atoms with Crippen molar-refractivity contribution >= 4 is 26.8 Å². The molecular weight excluding hydrogens is 251 g/mol. The zero-order valence-electron chi connectivity index (χ0n) is 7.27. The minimum atomic E-state index is -0.567. The Labute approximate surface area is 87.1 Å². The van der Waals surface area contributed by atoms with Crippen molar-refractivity contribution in [1.29, 1.82) is 0 Å². The molecule has 0 aliphatic rings. The summed E-state index contributed by atoms with van der Waals surface area (Å²) in [5.74, 6) is -0.0943. The summed E-state index contributed by atoms with van der Waals surface area (Å²) in [5, 5.41) is -0.00111. The van der Waals surface area contributed by atoms with Gasteiger partial charge < -0.3 is 4.98 Å². The average Bonchev–Trinajstić information content (AvgIpc) is 1.99. The van der Waals surface area contributed by atoms with Crippen LogP contribution in [0.15, 0.2) is 21.4 Å². The minimum Gasteiger partial charge on any atom is -0.310 e. The van der Waals surface area contributed by atoms with Gasteiger partial charge in [-0.15, -0.1) is 0 Å². The first-order valence-corrected chi connectivity index (χ1v) is 4.73. The van der Waals surface area contributed by atoms with Crippen LogP contribution in [-0.4, -0.2) is 9.97 Å². The van der Waals surface area contributed by atoms with Gasteiger partial charge >= 0.3 is 0 Å². The van der Waals surface area contributed by atoms with Gasteiger partial charge in [0.05, 0.1) is 5.52 Å². The highest BCUT2D eigenvalue weighted by molar-refractivity contribution is 9.10. The highest BCUT2D eigenvalue weighted by Gasteiger charge is 2.08. The Morgan fingerprint density at radius 2 is 2.21 bits per heavy atom. The van der Waals surface area contributed by atoms with Gasteiger partial charge in [0.2, 0.25) is 0 Å². The molecular formula is C9H6BrFN2O. The summed E-state index contributed by atoms with van der Waals surface area (Å²) in [6.45, 7) is 1.65.